The van der Waals surface area contributed by atoms with Gasteiger partial charge in [-0.25, -0.2) is 4.79 Å². The third kappa shape index (κ3) is 40.5. The molecular formula is C36H72N2O18. The van der Waals surface area contributed by atoms with E-state index in [-0.39, 0.29) is 46.2 Å². The highest BCUT2D eigenvalue weighted by Crippen LogP contribution is 2.21. The van der Waals surface area contributed by atoms with Crippen LogP contribution in [0.3, 0.4) is 0 Å². The molecule has 0 saturated heterocycles. The van der Waals surface area contributed by atoms with Crippen molar-refractivity contribution in [2.24, 2.45) is 11.1 Å². The van der Waals surface area contributed by atoms with Gasteiger partial charge in [-0.05, 0) is 0 Å². The van der Waals surface area contributed by atoms with E-state index in [4.69, 9.17) is 81.5 Å². The zero-order valence-corrected chi connectivity index (χ0v) is 33.9. The Hall–Kier alpha value is -1.70. The van der Waals surface area contributed by atoms with Crippen LogP contribution in [-0.4, -0.2) is 231 Å². The van der Waals surface area contributed by atoms with E-state index in [0.29, 0.717) is 165 Å². The van der Waals surface area contributed by atoms with Gasteiger partial charge in [-0.2, -0.15) is 0 Å². The Bertz CT molecular complexity index is 777. The zero-order valence-electron chi connectivity index (χ0n) is 33.9. The first kappa shape index (κ1) is 54.3. The monoisotopic (exact) mass is 820 g/mol. The summed E-state index contributed by atoms with van der Waals surface area (Å²) < 4.78 is 87.9. The quantitative estimate of drug-likeness (QED) is 0.0576. The summed E-state index contributed by atoms with van der Waals surface area (Å²) in [5.74, 6) is 0. The van der Waals surface area contributed by atoms with Crippen LogP contribution < -0.4 is 11.1 Å². The summed E-state index contributed by atoms with van der Waals surface area (Å²) in [6.07, 6.45) is 0.167. The van der Waals surface area contributed by atoms with Crippen LogP contribution in [0.1, 0.15) is 0 Å². The molecule has 0 radical (unpaired) electrons. The molecule has 56 heavy (non-hydrogen) atoms. The first-order valence-electron chi connectivity index (χ1n) is 19.2. The summed E-state index contributed by atoms with van der Waals surface area (Å²) in [6.45, 7) is 11.2. The number of nitrogens with one attached hydrogen (secondary N) is 1. The van der Waals surface area contributed by atoms with Crippen molar-refractivity contribution in [2.45, 2.75) is 0 Å². The van der Waals surface area contributed by atoms with E-state index < -0.39 is 11.5 Å². The summed E-state index contributed by atoms with van der Waals surface area (Å²) in [5.41, 5.74) is 4.60. The number of methoxy groups -OCH3 is 2. The van der Waals surface area contributed by atoms with E-state index in [1.54, 1.807) is 14.2 Å². The number of aldehydes is 1. The number of carbonyl (C=O) groups is 2. The molecule has 0 atom stereocenters. The average Bonchev–Trinajstić information content (AvgIpc) is 3.20. The summed E-state index contributed by atoms with van der Waals surface area (Å²) in [5, 5.41) is 2.50. The highest BCUT2D eigenvalue weighted by atomic mass is 16.6. The van der Waals surface area contributed by atoms with E-state index in [2.05, 4.69) is 5.32 Å². The number of hydrogen-bond donors (Lipinski definition) is 2. The minimum Gasteiger partial charge on any atom is -0.447 e. The molecule has 0 aliphatic carbocycles. The van der Waals surface area contributed by atoms with Gasteiger partial charge in [0.15, 0.2) is 0 Å². The minimum absolute atomic E-state index is 0.0723. The van der Waals surface area contributed by atoms with Crippen LogP contribution in [0.25, 0.3) is 0 Å². The van der Waals surface area contributed by atoms with Gasteiger partial charge in [-0.1, -0.05) is 0 Å². The normalized spacial score (nSPS) is 11.7. The van der Waals surface area contributed by atoms with Crippen molar-refractivity contribution in [1.82, 2.24) is 5.32 Å². The summed E-state index contributed by atoms with van der Waals surface area (Å²) in [7, 11) is 3.25. The van der Waals surface area contributed by atoms with Crippen LogP contribution >= 0.6 is 0 Å². The third-order valence-corrected chi connectivity index (χ3v) is 6.91. The highest BCUT2D eigenvalue weighted by Gasteiger charge is 2.32. The smallest absolute Gasteiger partial charge is 0.407 e. The van der Waals surface area contributed by atoms with Gasteiger partial charge in [-0.15, -0.1) is 0 Å². The van der Waals surface area contributed by atoms with Gasteiger partial charge in [0.2, 0.25) is 0 Å². The van der Waals surface area contributed by atoms with Crippen LogP contribution in [-0.2, 0) is 80.6 Å². The van der Waals surface area contributed by atoms with E-state index in [1.807, 2.05) is 0 Å². The Morgan fingerprint density at radius 2 is 0.732 bits per heavy atom. The molecule has 0 aromatic rings. The lowest BCUT2D eigenvalue weighted by Gasteiger charge is -2.32. The second-order valence-electron chi connectivity index (χ2n) is 11.7. The van der Waals surface area contributed by atoms with E-state index in [0.717, 1.165) is 0 Å². The largest absolute Gasteiger partial charge is 0.447 e. The van der Waals surface area contributed by atoms with Crippen LogP contribution in [0.4, 0.5) is 4.79 Å². The molecule has 20 nitrogen and oxygen atoms in total. The maximum Gasteiger partial charge on any atom is 0.407 e. The lowest BCUT2D eigenvalue weighted by Crippen LogP contribution is -2.42. The van der Waals surface area contributed by atoms with Crippen molar-refractivity contribution in [3.05, 3.63) is 0 Å². The Balaban J connectivity index is 4.51. The van der Waals surface area contributed by atoms with Gasteiger partial charge in [0, 0.05) is 27.3 Å². The number of nitrogens with two attached hydrogens (primary N) is 1. The van der Waals surface area contributed by atoms with Crippen LogP contribution in [0.15, 0.2) is 0 Å². The molecule has 0 heterocycles. The van der Waals surface area contributed by atoms with Crippen LogP contribution in [0.5, 0.6) is 0 Å². The van der Waals surface area contributed by atoms with Gasteiger partial charge in [0.1, 0.15) is 19.5 Å². The molecule has 1 amide bonds. The third-order valence-electron chi connectivity index (χ3n) is 6.91. The van der Waals surface area contributed by atoms with Gasteiger partial charge in [0.25, 0.3) is 0 Å². The summed E-state index contributed by atoms with van der Waals surface area (Å²) in [4.78, 5) is 22.4. The first-order valence-corrected chi connectivity index (χ1v) is 19.2. The molecular weight excluding hydrogens is 748 g/mol. The lowest BCUT2D eigenvalue weighted by atomic mass is 9.92. The van der Waals surface area contributed by atoms with Gasteiger partial charge < -0.3 is 91.6 Å². The van der Waals surface area contributed by atoms with Crippen molar-refractivity contribution >= 4 is 12.4 Å². The summed E-state index contributed by atoms with van der Waals surface area (Å²) in [6, 6.07) is 0. The predicted molar refractivity (Wildman–Crippen MR) is 201 cm³/mol. The average molecular weight is 821 g/mol. The Kier molecular flexibility index (Phi) is 44.6. The first-order chi connectivity index (χ1) is 27.6. The Labute approximate surface area is 333 Å². The minimum atomic E-state index is -0.719. The lowest BCUT2D eigenvalue weighted by molar-refractivity contribution is -0.128. The van der Waals surface area contributed by atoms with Crippen molar-refractivity contribution in [3.63, 3.8) is 0 Å². The molecule has 0 spiro atoms. The standard InChI is InChI=1S/C36H72N2O18/c1-41-7-9-43-11-13-45-15-18-48-23-26-53-32-36(31-52-6-5-39,33-54-27-24-49-19-16-46-14-12-44-10-8-42-2)34-55-28-25-50-20-17-47-21-22-51-29-30-56-35(40)38-4-3-37/h5H,3-4,6-34,37H2,1-2H3,(H,38,40). The SMILES string of the molecule is COCCOCCOCCOCCOCC(COCC=O)(COCCOCCOCCOCCOC)COCCOCCOCCOCCOC(=O)NCCN. The van der Waals surface area contributed by atoms with Crippen molar-refractivity contribution in [1.29, 1.82) is 0 Å². The molecule has 0 aliphatic rings. The second-order valence-corrected chi connectivity index (χ2v) is 11.7. The zero-order chi connectivity index (χ0) is 40.7. The fourth-order valence-electron chi connectivity index (χ4n) is 4.12. The molecule has 0 saturated carbocycles. The van der Waals surface area contributed by atoms with Crippen LogP contribution in [0.2, 0.25) is 0 Å². The Morgan fingerprint density at radius 3 is 1.04 bits per heavy atom. The van der Waals surface area contributed by atoms with Gasteiger partial charge in [0.05, 0.1) is 184 Å². The van der Waals surface area contributed by atoms with Gasteiger partial charge >= 0.3 is 6.09 Å². The summed E-state index contributed by atoms with van der Waals surface area (Å²) >= 11 is 0. The maximum absolute atomic E-state index is 11.3. The number of amides is 1. The predicted octanol–water partition coefficient (Wildman–Crippen LogP) is -0.635. The van der Waals surface area contributed by atoms with E-state index in [1.165, 1.54) is 0 Å². The Morgan fingerprint density at radius 1 is 0.446 bits per heavy atom. The number of hydrogen-bond acceptors (Lipinski definition) is 19. The fraction of sp³-hybridized carbons (Fsp3) is 0.944. The topological polar surface area (TPSA) is 220 Å². The molecule has 334 valence electrons. The van der Waals surface area contributed by atoms with Crippen molar-refractivity contribution < 1.29 is 85.4 Å². The van der Waals surface area contributed by atoms with Crippen molar-refractivity contribution in [3.8, 4) is 0 Å². The second kappa shape index (κ2) is 46.0. The van der Waals surface area contributed by atoms with Gasteiger partial charge in [-0.3, -0.25) is 0 Å². The molecule has 20 heteroatoms. The maximum atomic E-state index is 11.3. The van der Waals surface area contributed by atoms with Crippen LogP contribution in [0, 0.1) is 5.41 Å². The molecule has 0 fully saturated rings. The molecule has 0 aliphatic heterocycles. The molecule has 0 unspecified atom stereocenters. The number of alkyl carbamates (subject to hydrolysis) is 1. The molecule has 3 N–H and O–H groups in total. The van der Waals surface area contributed by atoms with E-state index in [9.17, 15) is 9.59 Å². The highest BCUT2D eigenvalue weighted by molar-refractivity contribution is 5.67. The molecule has 0 rings (SSSR count). The molecule has 0 bridgehead atoms. The fourth-order valence-corrected chi connectivity index (χ4v) is 4.12. The number of carbonyl (C=O) groups excluding carboxylic acids is 2. The number of ether oxygens (including phenoxy) is 16. The number of rotatable bonds is 48. The van der Waals surface area contributed by atoms with E-state index >= 15 is 0 Å². The molecule has 0 aromatic carbocycles. The molecule has 0 aromatic heterocycles. The van der Waals surface area contributed by atoms with Crippen molar-refractivity contribution in [2.75, 3.05) is 219 Å².